The lowest BCUT2D eigenvalue weighted by molar-refractivity contribution is 1.61. The van der Waals surface area contributed by atoms with E-state index in [4.69, 9.17) is 5.73 Å². The van der Waals surface area contributed by atoms with Gasteiger partial charge in [0.1, 0.15) is 22.1 Å². The molecule has 0 saturated carbocycles. The standard InChI is InChI=1S/C6H3N5S2/c7-2-1-3-5(10-12-8-3)6-4(2)9-13-11-6/h1H,7H2. The molecule has 7 heteroatoms. The molecule has 0 unspecified atom stereocenters. The Morgan fingerprint density at radius 3 is 2.54 bits per heavy atom. The maximum Gasteiger partial charge on any atom is 0.135 e. The molecular weight excluding hydrogens is 206 g/mol. The van der Waals surface area contributed by atoms with E-state index in [0.29, 0.717) is 5.69 Å². The highest BCUT2D eigenvalue weighted by molar-refractivity contribution is 7.01. The van der Waals surface area contributed by atoms with Crippen LogP contribution in [0.3, 0.4) is 0 Å². The number of nitrogens with zero attached hydrogens (tertiary/aromatic N) is 4. The van der Waals surface area contributed by atoms with Gasteiger partial charge in [-0.3, -0.25) is 0 Å². The van der Waals surface area contributed by atoms with Gasteiger partial charge >= 0.3 is 0 Å². The molecule has 0 saturated heterocycles. The minimum atomic E-state index is 0.615. The lowest BCUT2D eigenvalue weighted by Crippen LogP contribution is -1.87. The highest BCUT2D eigenvalue weighted by Crippen LogP contribution is 2.26. The molecule has 0 radical (unpaired) electrons. The van der Waals surface area contributed by atoms with E-state index in [1.54, 1.807) is 6.07 Å². The zero-order valence-corrected chi connectivity index (χ0v) is 7.89. The molecule has 2 heterocycles. The second kappa shape index (κ2) is 2.33. The lowest BCUT2D eigenvalue weighted by atomic mass is 10.2. The first-order valence-electron chi connectivity index (χ1n) is 3.49. The fourth-order valence-electron chi connectivity index (χ4n) is 1.20. The number of nitrogens with two attached hydrogens (primary N) is 1. The number of rotatable bonds is 0. The van der Waals surface area contributed by atoms with Gasteiger partial charge in [0, 0.05) is 0 Å². The van der Waals surface area contributed by atoms with Crippen LogP contribution in [-0.4, -0.2) is 17.5 Å². The van der Waals surface area contributed by atoms with Crippen molar-refractivity contribution in [2.75, 3.05) is 5.73 Å². The average molecular weight is 209 g/mol. The quantitative estimate of drug-likeness (QED) is 0.564. The Morgan fingerprint density at radius 2 is 1.62 bits per heavy atom. The molecule has 2 N–H and O–H groups in total. The molecule has 0 fully saturated rings. The molecular formula is C6H3N5S2. The van der Waals surface area contributed by atoms with E-state index in [-0.39, 0.29) is 0 Å². The monoisotopic (exact) mass is 209 g/mol. The van der Waals surface area contributed by atoms with Crippen molar-refractivity contribution in [3.05, 3.63) is 6.07 Å². The first-order valence-corrected chi connectivity index (χ1v) is 4.95. The molecule has 64 valence electrons. The van der Waals surface area contributed by atoms with Crippen LogP contribution in [0.4, 0.5) is 5.69 Å². The molecule has 3 rings (SSSR count). The van der Waals surface area contributed by atoms with Crippen molar-refractivity contribution < 1.29 is 0 Å². The Bertz CT molecular complexity index is 583. The van der Waals surface area contributed by atoms with Gasteiger partial charge in [0.15, 0.2) is 0 Å². The summed E-state index contributed by atoms with van der Waals surface area (Å²) in [4.78, 5) is 0. The van der Waals surface area contributed by atoms with E-state index in [1.807, 2.05) is 0 Å². The van der Waals surface area contributed by atoms with E-state index in [2.05, 4.69) is 17.5 Å². The summed E-state index contributed by atoms with van der Waals surface area (Å²) in [6.45, 7) is 0. The topological polar surface area (TPSA) is 77.6 Å². The summed E-state index contributed by atoms with van der Waals surface area (Å²) in [6.07, 6.45) is 0. The van der Waals surface area contributed by atoms with Gasteiger partial charge in [-0.15, -0.1) is 0 Å². The normalized spacial score (nSPS) is 11.4. The van der Waals surface area contributed by atoms with Crippen molar-refractivity contribution in [3.8, 4) is 0 Å². The average Bonchev–Trinajstić information content (AvgIpc) is 2.66. The van der Waals surface area contributed by atoms with Crippen molar-refractivity contribution >= 4 is 51.2 Å². The second-order valence-corrected chi connectivity index (χ2v) is 3.62. The van der Waals surface area contributed by atoms with Gasteiger partial charge in [-0.1, -0.05) is 0 Å². The first kappa shape index (κ1) is 7.10. The Kier molecular flexibility index (Phi) is 1.27. The van der Waals surface area contributed by atoms with Gasteiger partial charge in [-0.05, 0) is 6.07 Å². The summed E-state index contributed by atoms with van der Waals surface area (Å²) in [7, 11) is 0. The number of fused-ring (bicyclic) bond motifs is 3. The Hall–Kier alpha value is -1.34. The molecule has 2 aromatic heterocycles. The molecule has 0 aliphatic rings. The molecule has 1 aromatic carbocycles. The molecule has 0 aliphatic heterocycles. The van der Waals surface area contributed by atoms with Crippen molar-refractivity contribution in [1.82, 2.24) is 17.5 Å². The van der Waals surface area contributed by atoms with E-state index in [1.165, 1.54) is 0 Å². The van der Waals surface area contributed by atoms with Crippen molar-refractivity contribution in [2.45, 2.75) is 0 Å². The summed E-state index contributed by atoms with van der Waals surface area (Å²) in [5, 5.41) is 0. The molecule has 0 bridgehead atoms. The summed E-state index contributed by atoms with van der Waals surface area (Å²) < 4.78 is 16.5. The lowest BCUT2D eigenvalue weighted by Gasteiger charge is -1.92. The van der Waals surface area contributed by atoms with Crippen LogP contribution in [0.25, 0.3) is 22.1 Å². The molecule has 0 spiro atoms. The fraction of sp³-hybridized carbons (Fsp3) is 0. The second-order valence-electron chi connectivity index (χ2n) is 2.56. The number of benzene rings is 1. The van der Waals surface area contributed by atoms with E-state index >= 15 is 0 Å². The van der Waals surface area contributed by atoms with Crippen LogP contribution in [0.2, 0.25) is 0 Å². The number of nitrogen functional groups attached to an aromatic ring is 1. The molecule has 13 heavy (non-hydrogen) atoms. The van der Waals surface area contributed by atoms with Crippen molar-refractivity contribution in [1.29, 1.82) is 0 Å². The molecule has 0 atom stereocenters. The Morgan fingerprint density at radius 1 is 0.923 bits per heavy atom. The predicted molar refractivity (Wildman–Crippen MR) is 52.8 cm³/mol. The Labute approximate surface area is 80.9 Å². The van der Waals surface area contributed by atoms with Crippen molar-refractivity contribution in [3.63, 3.8) is 0 Å². The first-order chi connectivity index (χ1) is 6.36. The third kappa shape index (κ3) is 0.850. The molecule has 0 amide bonds. The summed E-state index contributed by atoms with van der Waals surface area (Å²) in [5.41, 5.74) is 9.46. The van der Waals surface area contributed by atoms with Crippen LogP contribution in [-0.2, 0) is 0 Å². The number of hydrogen-bond donors (Lipinski definition) is 1. The SMILES string of the molecule is Nc1cc2nsnc2c2nsnc12. The Balaban J connectivity index is 2.70. The zero-order valence-electron chi connectivity index (χ0n) is 6.26. The maximum absolute atomic E-state index is 5.77. The highest BCUT2D eigenvalue weighted by atomic mass is 32.1. The third-order valence-corrected chi connectivity index (χ3v) is 2.86. The van der Waals surface area contributed by atoms with E-state index in [0.717, 1.165) is 45.5 Å². The number of hydrogen-bond acceptors (Lipinski definition) is 7. The highest BCUT2D eigenvalue weighted by Gasteiger charge is 2.10. The van der Waals surface area contributed by atoms with Crippen LogP contribution in [0.15, 0.2) is 6.07 Å². The number of anilines is 1. The summed E-state index contributed by atoms with van der Waals surface area (Å²) >= 11 is 2.30. The van der Waals surface area contributed by atoms with Gasteiger partial charge in [-0.25, -0.2) is 0 Å². The van der Waals surface area contributed by atoms with Gasteiger partial charge < -0.3 is 5.73 Å². The summed E-state index contributed by atoms with van der Waals surface area (Å²) in [5.74, 6) is 0. The van der Waals surface area contributed by atoms with Gasteiger partial charge in [0.2, 0.25) is 0 Å². The minimum absolute atomic E-state index is 0.615. The largest absolute Gasteiger partial charge is 0.397 e. The fourth-order valence-corrected chi connectivity index (χ4v) is 2.30. The van der Waals surface area contributed by atoms with Crippen LogP contribution >= 0.6 is 23.5 Å². The zero-order chi connectivity index (χ0) is 8.84. The smallest absolute Gasteiger partial charge is 0.135 e. The molecule has 3 aromatic rings. The van der Waals surface area contributed by atoms with Crippen LogP contribution in [0.5, 0.6) is 0 Å². The van der Waals surface area contributed by atoms with E-state index in [9.17, 15) is 0 Å². The van der Waals surface area contributed by atoms with Gasteiger partial charge in [0.05, 0.1) is 29.1 Å². The predicted octanol–water partition coefficient (Wildman–Crippen LogP) is 1.28. The third-order valence-electron chi connectivity index (χ3n) is 1.79. The van der Waals surface area contributed by atoms with Crippen molar-refractivity contribution in [2.24, 2.45) is 0 Å². The van der Waals surface area contributed by atoms with Crippen LogP contribution < -0.4 is 5.73 Å². The maximum atomic E-state index is 5.77. The van der Waals surface area contributed by atoms with E-state index < -0.39 is 0 Å². The molecule has 0 aliphatic carbocycles. The number of aromatic nitrogens is 4. The van der Waals surface area contributed by atoms with Gasteiger partial charge in [0.25, 0.3) is 0 Å². The van der Waals surface area contributed by atoms with Gasteiger partial charge in [-0.2, -0.15) is 17.5 Å². The minimum Gasteiger partial charge on any atom is -0.397 e. The van der Waals surface area contributed by atoms with Crippen LogP contribution in [0.1, 0.15) is 0 Å². The van der Waals surface area contributed by atoms with Crippen LogP contribution in [0, 0.1) is 0 Å². The molecule has 5 nitrogen and oxygen atoms in total. The summed E-state index contributed by atoms with van der Waals surface area (Å²) in [6, 6.07) is 1.78.